The highest BCUT2D eigenvalue weighted by Gasteiger charge is 2.13. The van der Waals surface area contributed by atoms with Crippen LogP contribution < -0.4 is 0 Å². The number of benzene rings is 1. The lowest BCUT2D eigenvalue weighted by Gasteiger charge is -2.22. The Morgan fingerprint density at radius 2 is 2.11 bits per heavy atom. The quantitative estimate of drug-likeness (QED) is 0.844. The summed E-state index contributed by atoms with van der Waals surface area (Å²) in [6.07, 6.45) is 1.84. The highest BCUT2D eigenvalue weighted by Crippen LogP contribution is 2.22. The smallest absolute Gasteiger partial charge is 0.109 e. The van der Waals surface area contributed by atoms with E-state index in [0.717, 1.165) is 11.6 Å². The summed E-state index contributed by atoms with van der Waals surface area (Å²) in [5, 5.41) is 11.9. The topological polar surface area (TPSA) is 39.9 Å². The zero-order chi connectivity index (χ0) is 13.0. The van der Waals surface area contributed by atoms with E-state index in [4.69, 9.17) is 5.26 Å². The molecule has 1 heterocycles. The SMILES string of the molecule is C[C@H](c1nccs1)N(C)Cc1ccc(C#N)cc1. The summed E-state index contributed by atoms with van der Waals surface area (Å²) < 4.78 is 0. The number of nitrogens with zero attached hydrogens (tertiary/aromatic N) is 3. The summed E-state index contributed by atoms with van der Waals surface area (Å²) in [4.78, 5) is 6.59. The van der Waals surface area contributed by atoms with Crippen LogP contribution in [0.3, 0.4) is 0 Å². The van der Waals surface area contributed by atoms with Gasteiger partial charge in [0, 0.05) is 18.1 Å². The molecule has 1 atom stereocenters. The van der Waals surface area contributed by atoms with Crippen molar-refractivity contribution in [3.05, 3.63) is 52.0 Å². The largest absolute Gasteiger partial charge is 0.293 e. The lowest BCUT2D eigenvalue weighted by Crippen LogP contribution is -2.21. The molecule has 0 aliphatic carbocycles. The van der Waals surface area contributed by atoms with Gasteiger partial charge >= 0.3 is 0 Å². The van der Waals surface area contributed by atoms with Gasteiger partial charge in [-0.15, -0.1) is 11.3 Å². The van der Waals surface area contributed by atoms with Crippen LogP contribution in [0.15, 0.2) is 35.8 Å². The molecule has 1 aromatic carbocycles. The molecule has 0 radical (unpaired) electrons. The fourth-order valence-corrected chi connectivity index (χ4v) is 2.50. The lowest BCUT2D eigenvalue weighted by atomic mass is 10.1. The Hall–Kier alpha value is -1.70. The first-order valence-corrected chi connectivity index (χ1v) is 6.67. The Morgan fingerprint density at radius 3 is 2.67 bits per heavy atom. The molecular formula is C14H15N3S. The van der Waals surface area contributed by atoms with Gasteiger partial charge in [-0.25, -0.2) is 4.98 Å². The van der Waals surface area contributed by atoms with Crippen LogP contribution in [-0.2, 0) is 6.54 Å². The van der Waals surface area contributed by atoms with Crippen molar-refractivity contribution in [2.75, 3.05) is 7.05 Å². The first-order chi connectivity index (χ1) is 8.70. The monoisotopic (exact) mass is 257 g/mol. The van der Waals surface area contributed by atoms with Crippen LogP contribution in [0.5, 0.6) is 0 Å². The van der Waals surface area contributed by atoms with Gasteiger partial charge in [0.1, 0.15) is 5.01 Å². The number of rotatable bonds is 4. The van der Waals surface area contributed by atoms with Crippen molar-refractivity contribution in [3.8, 4) is 6.07 Å². The molecule has 2 aromatic rings. The summed E-state index contributed by atoms with van der Waals surface area (Å²) in [5.74, 6) is 0. The fourth-order valence-electron chi connectivity index (χ4n) is 1.74. The Kier molecular flexibility index (Phi) is 4.08. The number of aromatic nitrogens is 1. The van der Waals surface area contributed by atoms with Crippen molar-refractivity contribution < 1.29 is 0 Å². The Bertz CT molecular complexity index is 525. The van der Waals surface area contributed by atoms with E-state index in [0.29, 0.717) is 11.6 Å². The third kappa shape index (κ3) is 2.95. The molecule has 2 rings (SSSR count). The van der Waals surface area contributed by atoms with Crippen LogP contribution in [0.25, 0.3) is 0 Å². The van der Waals surface area contributed by atoms with E-state index in [9.17, 15) is 0 Å². The molecule has 0 bridgehead atoms. The predicted octanol–water partition coefficient (Wildman–Crippen LogP) is 3.21. The van der Waals surface area contributed by atoms with Crippen LogP contribution in [0.2, 0.25) is 0 Å². The minimum absolute atomic E-state index is 0.306. The Balaban J connectivity index is 2.02. The number of thiazole rings is 1. The van der Waals surface area contributed by atoms with Crippen molar-refractivity contribution >= 4 is 11.3 Å². The highest BCUT2D eigenvalue weighted by atomic mass is 32.1. The zero-order valence-corrected chi connectivity index (χ0v) is 11.3. The molecule has 0 fully saturated rings. The van der Waals surface area contributed by atoms with E-state index >= 15 is 0 Å². The summed E-state index contributed by atoms with van der Waals surface area (Å²) in [5.41, 5.74) is 1.91. The van der Waals surface area contributed by atoms with E-state index < -0.39 is 0 Å². The van der Waals surface area contributed by atoms with Gasteiger partial charge in [0.25, 0.3) is 0 Å². The molecule has 0 spiro atoms. The standard InChI is InChI=1S/C14H15N3S/c1-11(14-16-7-8-18-14)17(2)10-13-5-3-12(9-15)4-6-13/h3-8,11H,10H2,1-2H3/t11-/m1/s1. The summed E-state index contributed by atoms with van der Waals surface area (Å²) in [7, 11) is 2.09. The van der Waals surface area contributed by atoms with E-state index in [1.807, 2.05) is 35.8 Å². The average molecular weight is 257 g/mol. The number of hydrogen-bond acceptors (Lipinski definition) is 4. The molecule has 1 aromatic heterocycles. The van der Waals surface area contributed by atoms with Crippen LogP contribution in [0.1, 0.15) is 29.1 Å². The van der Waals surface area contributed by atoms with E-state index in [1.54, 1.807) is 11.3 Å². The molecule has 0 aliphatic rings. The molecule has 0 saturated heterocycles. The van der Waals surface area contributed by atoms with Crippen LogP contribution >= 0.6 is 11.3 Å². The molecule has 4 heteroatoms. The summed E-state index contributed by atoms with van der Waals surface area (Å²) in [6, 6.07) is 10.2. The molecule has 0 unspecified atom stereocenters. The maximum atomic E-state index is 8.76. The number of nitriles is 1. The average Bonchev–Trinajstić information content (AvgIpc) is 2.92. The second-order valence-electron chi connectivity index (χ2n) is 4.27. The molecular weight excluding hydrogens is 242 g/mol. The zero-order valence-electron chi connectivity index (χ0n) is 10.5. The molecule has 0 saturated carbocycles. The van der Waals surface area contributed by atoms with Crippen LogP contribution in [-0.4, -0.2) is 16.9 Å². The van der Waals surface area contributed by atoms with Gasteiger partial charge in [-0.3, -0.25) is 4.90 Å². The van der Waals surface area contributed by atoms with Crippen LogP contribution in [0.4, 0.5) is 0 Å². The van der Waals surface area contributed by atoms with Crippen LogP contribution in [0, 0.1) is 11.3 Å². The van der Waals surface area contributed by atoms with Crippen molar-refractivity contribution in [1.82, 2.24) is 9.88 Å². The first-order valence-electron chi connectivity index (χ1n) is 5.79. The molecule has 0 amide bonds. The second kappa shape index (κ2) is 5.76. The van der Waals surface area contributed by atoms with Crippen molar-refractivity contribution in [3.63, 3.8) is 0 Å². The van der Waals surface area contributed by atoms with Gasteiger partial charge in [0.05, 0.1) is 17.7 Å². The third-order valence-electron chi connectivity index (χ3n) is 2.98. The summed E-state index contributed by atoms with van der Waals surface area (Å²) in [6.45, 7) is 3.01. The highest BCUT2D eigenvalue weighted by molar-refractivity contribution is 7.09. The normalized spacial score (nSPS) is 12.3. The maximum Gasteiger partial charge on any atom is 0.109 e. The first kappa shape index (κ1) is 12.7. The fraction of sp³-hybridized carbons (Fsp3) is 0.286. The van der Waals surface area contributed by atoms with Crippen molar-refractivity contribution in [2.24, 2.45) is 0 Å². The Morgan fingerprint density at radius 1 is 1.39 bits per heavy atom. The Labute approximate surface area is 111 Å². The second-order valence-corrected chi connectivity index (χ2v) is 5.20. The van der Waals surface area contributed by atoms with Gasteiger partial charge < -0.3 is 0 Å². The molecule has 18 heavy (non-hydrogen) atoms. The third-order valence-corrected chi connectivity index (χ3v) is 3.93. The minimum atomic E-state index is 0.306. The molecule has 3 nitrogen and oxygen atoms in total. The van der Waals surface area contributed by atoms with Gasteiger partial charge in [0.2, 0.25) is 0 Å². The van der Waals surface area contributed by atoms with Crippen molar-refractivity contribution in [1.29, 1.82) is 5.26 Å². The lowest BCUT2D eigenvalue weighted by molar-refractivity contribution is 0.252. The van der Waals surface area contributed by atoms with E-state index in [2.05, 4.69) is 29.9 Å². The molecule has 0 aliphatic heterocycles. The summed E-state index contributed by atoms with van der Waals surface area (Å²) >= 11 is 1.68. The van der Waals surface area contributed by atoms with E-state index in [-0.39, 0.29) is 0 Å². The van der Waals surface area contributed by atoms with Gasteiger partial charge in [-0.1, -0.05) is 12.1 Å². The van der Waals surface area contributed by atoms with Gasteiger partial charge in [0.15, 0.2) is 0 Å². The minimum Gasteiger partial charge on any atom is -0.293 e. The predicted molar refractivity (Wildman–Crippen MR) is 73.2 cm³/mol. The molecule has 0 N–H and O–H groups in total. The van der Waals surface area contributed by atoms with Gasteiger partial charge in [-0.2, -0.15) is 5.26 Å². The van der Waals surface area contributed by atoms with Gasteiger partial charge in [-0.05, 0) is 31.7 Å². The van der Waals surface area contributed by atoms with E-state index in [1.165, 1.54) is 5.56 Å². The number of hydrogen-bond donors (Lipinski definition) is 0. The van der Waals surface area contributed by atoms with Crippen molar-refractivity contribution in [2.45, 2.75) is 19.5 Å². The maximum absolute atomic E-state index is 8.76. The molecule has 92 valence electrons.